The molecule has 0 unspecified atom stereocenters. The third-order valence-corrected chi connectivity index (χ3v) is 4.24. The van der Waals surface area contributed by atoms with Crippen molar-refractivity contribution in [3.8, 4) is 0 Å². The van der Waals surface area contributed by atoms with E-state index in [0.29, 0.717) is 9.92 Å². The zero-order valence-electron chi connectivity index (χ0n) is 10.9. The number of benzene rings is 2. The Kier molecular flexibility index (Phi) is 5.40. The van der Waals surface area contributed by atoms with E-state index in [0.717, 1.165) is 29.6 Å². The molecule has 0 amide bonds. The number of hydrogen-bond donors (Lipinski definition) is 1. The third kappa shape index (κ3) is 3.95. The van der Waals surface area contributed by atoms with Crippen LogP contribution in [0.5, 0.6) is 0 Å². The molecule has 1 nitrogen and oxygen atoms in total. The highest BCUT2D eigenvalue weighted by molar-refractivity contribution is 7.99. The molecule has 0 radical (unpaired) electrons. The molecule has 0 fully saturated rings. The SMILES string of the molecule is CCNCc1ccc(Sc2ccc(F)cc2F)c(Cl)c1. The van der Waals surface area contributed by atoms with E-state index in [2.05, 4.69) is 5.32 Å². The van der Waals surface area contributed by atoms with Gasteiger partial charge in [-0.2, -0.15) is 0 Å². The van der Waals surface area contributed by atoms with Crippen molar-refractivity contribution < 1.29 is 8.78 Å². The van der Waals surface area contributed by atoms with Crippen LogP contribution in [-0.2, 0) is 6.54 Å². The highest BCUT2D eigenvalue weighted by atomic mass is 35.5. The Morgan fingerprint density at radius 3 is 2.50 bits per heavy atom. The molecule has 5 heteroatoms. The van der Waals surface area contributed by atoms with Crippen molar-refractivity contribution in [2.75, 3.05) is 6.54 Å². The van der Waals surface area contributed by atoms with Crippen LogP contribution in [-0.4, -0.2) is 6.54 Å². The zero-order valence-corrected chi connectivity index (χ0v) is 12.5. The van der Waals surface area contributed by atoms with Crippen molar-refractivity contribution in [1.29, 1.82) is 0 Å². The van der Waals surface area contributed by atoms with Crippen LogP contribution < -0.4 is 5.32 Å². The van der Waals surface area contributed by atoms with Crippen LogP contribution in [0.15, 0.2) is 46.2 Å². The van der Waals surface area contributed by atoms with Crippen molar-refractivity contribution in [2.24, 2.45) is 0 Å². The Morgan fingerprint density at radius 1 is 1.10 bits per heavy atom. The molecule has 0 atom stereocenters. The third-order valence-electron chi connectivity index (χ3n) is 2.69. The van der Waals surface area contributed by atoms with Gasteiger partial charge in [0, 0.05) is 22.4 Å². The van der Waals surface area contributed by atoms with E-state index in [9.17, 15) is 8.78 Å². The zero-order chi connectivity index (χ0) is 14.5. The molecular weight excluding hydrogens is 300 g/mol. The number of rotatable bonds is 5. The smallest absolute Gasteiger partial charge is 0.140 e. The second kappa shape index (κ2) is 7.07. The predicted octanol–water partition coefficient (Wildman–Crippen LogP) is 4.88. The van der Waals surface area contributed by atoms with Crippen LogP contribution in [0.2, 0.25) is 5.02 Å². The molecular formula is C15H14ClF2NS. The van der Waals surface area contributed by atoms with Gasteiger partial charge in [-0.05, 0) is 36.4 Å². The van der Waals surface area contributed by atoms with Gasteiger partial charge in [-0.25, -0.2) is 8.78 Å². The van der Waals surface area contributed by atoms with E-state index in [1.54, 1.807) is 0 Å². The minimum atomic E-state index is -0.584. The predicted molar refractivity (Wildman–Crippen MR) is 79.3 cm³/mol. The first-order valence-electron chi connectivity index (χ1n) is 6.22. The second-order valence-corrected chi connectivity index (χ2v) is 5.71. The van der Waals surface area contributed by atoms with Gasteiger partial charge in [-0.15, -0.1) is 0 Å². The Labute approximate surface area is 126 Å². The van der Waals surface area contributed by atoms with Gasteiger partial charge in [0.15, 0.2) is 0 Å². The Balaban J connectivity index is 2.17. The molecule has 0 heterocycles. The Morgan fingerprint density at radius 2 is 1.85 bits per heavy atom. The minimum absolute atomic E-state index is 0.354. The fourth-order valence-electron chi connectivity index (χ4n) is 1.68. The highest BCUT2D eigenvalue weighted by Gasteiger charge is 2.09. The standard InChI is InChI=1S/C15H14ClF2NS/c1-2-19-9-10-3-5-14(12(16)7-10)20-15-6-4-11(17)8-13(15)18/h3-8,19H,2,9H2,1H3. The van der Waals surface area contributed by atoms with Crippen molar-refractivity contribution in [3.63, 3.8) is 0 Å². The molecule has 2 aromatic rings. The van der Waals surface area contributed by atoms with Gasteiger partial charge in [0.2, 0.25) is 0 Å². The van der Waals surface area contributed by atoms with Gasteiger partial charge in [-0.1, -0.05) is 36.4 Å². The summed E-state index contributed by atoms with van der Waals surface area (Å²) < 4.78 is 26.5. The summed E-state index contributed by atoms with van der Waals surface area (Å²) in [5.74, 6) is -1.17. The molecule has 106 valence electrons. The van der Waals surface area contributed by atoms with Crippen LogP contribution >= 0.6 is 23.4 Å². The number of nitrogens with one attached hydrogen (secondary N) is 1. The van der Waals surface area contributed by atoms with Crippen LogP contribution in [0.3, 0.4) is 0 Å². The topological polar surface area (TPSA) is 12.0 Å². The minimum Gasteiger partial charge on any atom is -0.313 e. The van der Waals surface area contributed by atoms with E-state index >= 15 is 0 Å². The van der Waals surface area contributed by atoms with Gasteiger partial charge in [-0.3, -0.25) is 0 Å². The summed E-state index contributed by atoms with van der Waals surface area (Å²) in [4.78, 5) is 1.10. The van der Waals surface area contributed by atoms with Crippen LogP contribution in [0.1, 0.15) is 12.5 Å². The molecule has 20 heavy (non-hydrogen) atoms. The average Bonchev–Trinajstić information content (AvgIpc) is 2.42. The first-order chi connectivity index (χ1) is 9.60. The summed E-state index contributed by atoms with van der Waals surface area (Å²) in [5.41, 5.74) is 1.07. The summed E-state index contributed by atoms with van der Waals surface area (Å²) in [6.45, 7) is 3.66. The normalized spacial score (nSPS) is 10.8. The summed E-state index contributed by atoms with van der Waals surface area (Å²) >= 11 is 7.38. The first-order valence-corrected chi connectivity index (χ1v) is 7.41. The van der Waals surface area contributed by atoms with E-state index in [1.807, 2.05) is 25.1 Å². The molecule has 2 aromatic carbocycles. The second-order valence-electron chi connectivity index (χ2n) is 4.22. The van der Waals surface area contributed by atoms with Crippen molar-refractivity contribution in [2.45, 2.75) is 23.3 Å². The molecule has 0 aromatic heterocycles. The van der Waals surface area contributed by atoms with Crippen molar-refractivity contribution in [3.05, 3.63) is 58.6 Å². The fourth-order valence-corrected chi connectivity index (χ4v) is 2.82. The van der Waals surface area contributed by atoms with E-state index in [1.165, 1.54) is 23.9 Å². The summed E-state index contributed by atoms with van der Waals surface area (Å²) in [5, 5.41) is 3.77. The van der Waals surface area contributed by atoms with Gasteiger partial charge < -0.3 is 5.32 Å². The number of halogens is 3. The quantitative estimate of drug-likeness (QED) is 0.844. The molecule has 2 rings (SSSR count). The molecule has 1 N–H and O–H groups in total. The molecule has 0 spiro atoms. The number of hydrogen-bond acceptors (Lipinski definition) is 2. The van der Waals surface area contributed by atoms with Gasteiger partial charge in [0.05, 0.1) is 5.02 Å². The van der Waals surface area contributed by atoms with Gasteiger partial charge >= 0.3 is 0 Å². The molecule has 0 saturated carbocycles. The monoisotopic (exact) mass is 313 g/mol. The molecule has 0 saturated heterocycles. The van der Waals surface area contributed by atoms with E-state index in [4.69, 9.17) is 11.6 Å². The first kappa shape index (κ1) is 15.3. The fraction of sp³-hybridized carbons (Fsp3) is 0.200. The van der Waals surface area contributed by atoms with E-state index < -0.39 is 11.6 Å². The average molecular weight is 314 g/mol. The maximum Gasteiger partial charge on any atom is 0.140 e. The lowest BCUT2D eigenvalue weighted by molar-refractivity contribution is 0.565. The Bertz CT molecular complexity index is 604. The van der Waals surface area contributed by atoms with E-state index in [-0.39, 0.29) is 0 Å². The maximum atomic E-state index is 13.6. The highest BCUT2D eigenvalue weighted by Crippen LogP contribution is 2.35. The van der Waals surface area contributed by atoms with Crippen molar-refractivity contribution >= 4 is 23.4 Å². The molecule has 0 bridgehead atoms. The van der Waals surface area contributed by atoms with Gasteiger partial charge in [0.25, 0.3) is 0 Å². The lowest BCUT2D eigenvalue weighted by atomic mass is 10.2. The summed E-state index contributed by atoms with van der Waals surface area (Å²) in [6, 6.07) is 9.17. The Hall–Kier alpha value is -1.10. The summed E-state index contributed by atoms with van der Waals surface area (Å²) in [7, 11) is 0. The molecule has 0 aliphatic rings. The largest absolute Gasteiger partial charge is 0.313 e. The lowest BCUT2D eigenvalue weighted by Gasteiger charge is -2.08. The molecule has 0 aliphatic heterocycles. The maximum absolute atomic E-state index is 13.6. The summed E-state index contributed by atoms with van der Waals surface area (Å²) in [6.07, 6.45) is 0. The van der Waals surface area contributed by atoms with Crippen molar-refractivity contribution in [1.82, 2.24) is 5.32 Å². The van der Waals surface area contributed by atoms with Crippen LogP contribution in [0.25, 0.3) is 0 Å². The lowest BCUT2D eigenvalue weighted by Crippen LogP contribution is -2.11. The van der Waals surface area contributed by atoms with Crippen LogP contribution in [0, 0.1) is 11.6 Å². The van der Waals surface area contributed by atoms with Crippen LogP contribution in [0.4, 0.5) is 8.78 Å². The molecule has 0 aliphatic carbocycles. The van der Waals surface area contributed by atoms with Gasteiger partial charge in [0.1, 0.15) is 11.6 Å².